The first-order valence-corrected chi connectivity index (χ1v) is 7.23. The number of hydrogen-bond acceptors (Lipinski definition) is 3. The van der Waals surface area contributed by atoms with Crippen LogP contribution in [0.2, 0.25) is 10.3 Å². The van der Waals surface area contributed by atoms with Crippen LogP contribution in [-0.2, 0) is 6.54 Å². The van der Waals surface area contributed by atoms with E-state index in [0.29, 0.717) is 41.3 Å². The van der Waals surface area contributed by atoms with E-state index in [-0.39, 0.29) is 5.91 Å². The molecule has 0 radical (unpaired) electrons. The molecule has 0 aliphatic carbocycles. The van der Waals surface area contributed by atoms with Gasteiger partial charge in [-0.15, -0.1) is 0 Å². The topological polar surface area (TPSA) is 42.4 Å². The molecule has 0 spiro atoms. The van der Waals surface area contributed by atoms with Gasteiger partial charge in [0.1, 0.15) is 22.7 Å². The summed E-state index contributed by atoms with van der Waals surface area (Å²) in [6.07, 6.45) is 0. The molecule has 1 aromatic heterocycles. The number of benzene rings is 1. The Morgan fingerprint density at radius 2 is 2.00 bits per heavy atom. The molecule has 2 aromatic rings. The van der Waals surface area contributed by atoms with E-state index in [1.54, 1.807) is 29.2 Å². The van der Waals surface area contributed by atoms with Crippen LogP contribution >= 0.6 is 23.2 Å². The molecule has 0 N–H and O–H groups in total. The Balaban J connectivity index is 1.87. The standard InChI is InChI=1S/C15H12Cl2N2O2/c16-13-6-5-10(14(17)18-13)9-19-7-8-21-12-4-2-1-3-11(12)15(19)20/h1-6H,7-9H2. The number of hydrogen-bond donors (Lipinski definition) is 0. The molecule has 0 bridgehead atoms. The number of fused-ring (bicyclic) bond motifs is 1. The average Bonchev–Trinajstić information content (AvgIpc) is 2.63. The van der Waals surface area contributed by atoms with Gasteiger partial charge in [0.15, 0.2) is 0 Å². The molecular formula is C15H12Cl2N2O2. The van der Waals surface area contributed by atoms with Crippen molar-refractivity contribution in [3.63, 3.8) is 0 Å². The number of halogens is 2. The third-order valence-corrected chi connectivity index (χ3v) is 3.81. The Morgan fingerprint density at radius 1 is 1.19 bits per heavy atom. The maximum Gasteiger partial charge on any atom is 0.258 e. The number of ether oxygens (including phenoxy) is 1. The van der Waals surface area contributed by atoms with Crippen molar-refractivity contribution < 1.29 is 9.53 Å². The predicted molar refractivity (Wildman–Crippen MR) is 80.9 cm³/mol. The van der Waals surface area contributed by atoms with E-state index in [1.807, 2.05) is 12.1 Å². The predicted octanol–water partition coefficient (Wildman–Crippen LogP) is 3.42. The zero-order valence-corrected chi connectivity index (χ0v) is 12.6. The van der Waals surface area contributed by atoms with E-state index in [9.17, 15) is 4.79 Å². The van der Waals surface area contributed by atoms with Gasteiger partial charge < -0.3 is 9.64 Å². The lowest BCUT2D eigenvalue weighted by Gasteiger charge is -2.20. The smallest absolute Gasteiger partial charge is 0.258 e. The Bertz CT molecular complexity index is 691. The van der Waals surface area contributed by atoms with Crippen LogP contribution in [0.15, 0.2) is 36.4 Å². The first kappa shape index (κ1) is 14.2. The highest BCUT2D eigenvalue weighted by molar-refractivity contribution is 6.32. The SMILES string of the molecule is O=C1c2ccccc2OCCN1Cc1ccc(Cl)nc1Cl. The lowest BCUT2D eigenvalue weighted by Crippen LogP contribution is -2.32. The van der Waals surface area contributed by atoms with Gasteiger partial charge in [-0.25, -0.2) is 4.98 Å². The molecule has 1 amide bonds. The summed E-state index contributed by atoms with van der Waals surface area (Å²) >= 11 is 11.9. The Hall–Kier alpha value is -1.78. The minimum Gasteiger partial charge on any atom is -0.491 e. The van der Waals surface area contributed by atoms with Gasteiger partial charge in [-0.3, -0.25) is 4.79 Å². The molecule has 1 aliphatic heterocycles. The molecule has 6 heteroatoms. The van der Waals surface area contributed by atoms with Gasteiger partial charge in [0.25, 0.3) is 5.91 Å². The van der Waals surface area contributed by atoms with Gasteiger partial charge in [-0.2, -0.15) is 0 Å². The van der Waals surface area contributed by atoms with Crippen molar-refractivity contribution in [1.82, 2.24) is 9.88 Å². The number of aromatic nitrogens is 1. The Morgan fingerprint density at radius 3 is 2.81 bits per heavy atom. The summed E-state index contributed by atoms with van der Waals surface area (Å²) in [4.78, 5) is 18.3. The third kappa shape index (κ3) is 2.96. The van der Waals surface area contributed by atoms with E-state index in [1.165, 1.54) is 0 Å². The highest BCUT2D eigenvalue weighted by Gasteiger charge is 2.23. The maximum atomic E-state index is 12.6. The van der Waals surface area contributed by atoms with Crippen LogP contribution in [0.5, 0.6) is 5.75 Å². The van der Waals surface area contributed by atoms with Crippen LogP contribution in [0.3, 0.4) is 0 Å². The largest absolute Gasteiger partial charge is 0.491 e. The summed E-state index contributed by atoms with van der Waals surface area (Å²) in [5.74, 6) is 0.541. The summed E-state index contributed by atoms with van der Waals surface area (Å²) in [6.45, 7) is 1.31. The molecule has 0 saturated carbocycles. The number of carbonyl (C=O) groups is 1. The monoisotopic (exact) mass is 322 g/mol. The van der Waals surface area contributed by atoms with Crippen molar-refractivity contribution in [3.8, 4) is 5.75 Å². The van der Waals surface area contributed by atoms with Crippen LogP contribution in [-0.4, -0.2) is 28.9 Å². The summed E-state index contributed by atoms with van der Waals surface area (Å²) in [5, 5.41) is 0.647. The Labute approximate surface area is 132 Å². The second kappa shape index (κ2) is 5.92. The quantitative estimate of drug-likeness (QED) is 0.795. The normalized spacial score (nSPS) is 14.4. The lowest BCUT2D eigenvalue weighted by atomic mass is 10.1. The number of para-hydroxylation sites is 1. The van der Waals surface area contributed by atoms with Crippen molar-refractivity contribution >= 4 is 29.1 Å². The van der Waals surface area contributed by atoms with Crippen molar-refractivity contribution in [2.75, 3.05) is 13.2 Å². The molecule has 0 atom stereocenters. The van der Waals surface area contributed by atoms with E-state index in [0.717, 1.165) is 5.56 Å². The number of rotatable bonds is 2. The molecule has 1 aliphatic rings. The van der Waals surface area contributed by atoms with Crippen LogP contribution in [0.1, 0.15) is 15.9 Å². The minimum absolute atomic E-state index is 0.0749. The van der Waals surface area contributed by atoms with Gasteiger partial charge in [-0.1, -0.05) is 41.4 Å². The molecule has 0 saturated heterocycles. The fourth-order valence-electron chi connectivity index (χ4n) is 2.22. The van der Waals surface area contributed by atoms with Crippen molar-refractivity contribution in [2.45, 2.75) is 6.54 Å². The number of nitrogens with zero attached hydrogens (tertiary/aromatic N) is 2. The molecule has 0 unspecified atom stereocenters. The molecule has 21 heavy (non-hydrogen) atoms. The fourth-order valence-corrected chi connectivity index (χ4v) is 2.63. The third-order valence-electron chi connectivity index (χ3n) is 3.28. The van der Waals surface area contributed by atoms with Crippen LogP contribution < -0.4 is 4.74 Å². The minimum atomic E-state index is -0.0749. The molecule has 3 rings (SSSR count). The second-order valence-corrected chi connectivity index (χ2v) is 5.40. The molecule has 0 fully saturated rings. The van der Waals surface area contributed by atoms with Crippen molar-refractivity contribution in [3.05, 3.63) is 57.8 Å². The highest BCUT2D eigenvalue weighted by atomic mass is 35.5. The Kier molecular flexibility index (Phi) is 3.99. The van der Waals surface area contributed by atoms with Gasteiger partial charge in [-0.05, 0) is 18.2 Å². The van der Waals surface area contributed by atoms with Gasteiger partial charge >= 0.3 is 0 Å². The maximum absolute atomic E-state index is 12.6. The summed E-state index contributed by atoms with van der Waals surface area (Å²) < 4.78 is 5.60. The number of carbonyl (C=O) groups excluding carboxylic acids is 1. The summed E-state index contributed by atoms with van der Waals surface area (Å²) in [7, 11) is 0. The molecule has 1 aromatic carbocycles. The molecule has 2 heterocycles. The zero-order valence-electron chi connectivity index (χ0n) is 11.1. The fraction of sp³-hybridized carbons (Fsp3) is 0.200. The first-order valence-electron chi connectivity index (χ1n) is 6.47. The van der Waals surface area contributed by atoms with E-state index in [2.05, 4.69) is 4.98 Å². The van der Waals surface area contributed by atoms with Crippen LogP contribution in [0, 0.1) is 0 Å². The molecule has 4 nitrogen and oxygen atoms in total. The lowest BCUT2D eigenvalue weighted by molar-refractivity contribution is 0.0743. The summed E-state index contributed by atoms with van der Waals surface area (Å²) in [6, 6.07) is 10.7. The number of amides is 1. The van der Waals surface area contributed by atoms with Crippen LogP contribution in [0.25, 0.3) is 0 Å². The first-order chi connectivity index (χ1) is 10.1. The van der Waals surface area contributed by atoms with Crippen LogP contribution in [0.4, 0.5) is 0 Å². The number of pyridine rings is 1. The van der Waals surface area contributed by atoms with E-state index >= 15 is 0 Å². The van der Waals surface area contributed by atoms with E-state index < -0.39 is 0 Å². The molecule has 108 valence electrons. The highest BCUT2D eigenvalue weighted by Crippen LogP contribution is 2.25. The second-order valence-electron chi connectivity index (χ2n) is 4.66. The zero-order chi connectivity index (χ0) is 14.8. The van der Waals surface area contributed by atoms with Gasteiger partial charge in [0, 0.05) is 12.1 Å². The van der Waals surface area contributed by atoms with Crippen molar-refractivity contribution in [1.29, 1.82) is 0 Å². The van der Waals surface area contributed by atoms with E-state index in [4.69, 9.17) is 27.9 Å². The van der Waals surface area contributed by atoms with Gasteiger partial charge in [0.2, 0.25) is 0 Å². The molecular weight excluding hydrogens is 311 g/mol. The van der Waals surface area contributed by atoms with Gasteiger partial charge in [0.05, 0.1) is 12.1 Å². The van der Waals surface area contributed by atoms with Crippen molar-refractivity contribution in [2.24, 2.45) is 0 Å². The average molecular weight is 323 g/mol. The summed E-state index contributed by atoms with van der Waals surface area (Å²) in [5.41, 5.74) is 1.32.